The Labute approximate surface area is 200 Å². The van der Waals surface area contributed by atoms with E-state index in [0.717, 1.165) is 16.9 Å². The molecule has 1 aliphatic heterocycles. The second-order valence-corrected chi connectivity index (χ2v) is 11.3. The standard InChI is InChI=1S/C27H30FN2O3P/c1-3-33-27(31)26(20-22-14-16-23(28)17-15-22)21(2)34(32)29(24-10-6-4-7-11-24)18-19-30(34)25-12-8-5-9-13-25/h4-17,26,32,34H,2-3,18-20H2,1H3. The number of carbonyl (C=O) groups excluding carboxylic acids is 1. The molecule has 1 saturated heterocycles. The number of ether oxygens (including phenoxy) is 1. The molecule has 178 valence electrons. The van der Waals surface area contributed by atoms with E-state index in [-0.39, 0.29) is 18.8 Å². The minimum absolute atomic E-state index is 0.219. The summed E-state index contributed by atoms with van der Waals surface area (Å²) in [6.07, 6.45) is 0.262. The molecule has 7 heteroatoms. The predicted molar refractivity (Wildman–Crippen MR) is 137 cm³/mol. The summed E-state index contributed by atoms with van der Waals surface area (Å²) >= 11 is 0. The van der Waals surface area contributed by atoms with Gasteiger partial charge in [0.25, 0.3) is 0 Å². The number of para-hydroxylation sites is 2. The molecule has 3 aromatic carbocycles. The fraction of sp³-hybridized carbons (Fsp3) is 0.222. The fourth-order valence-corrected chi connectivity index (χ4v) is 8.03. The molecule has 0 radical (unpaired) electrons. The van der Waals surface area contributed by atoms with Gasteiger partial charge in [-0.25, -0.2) is 0 Å². The molecule has 34 heavy (non-hydrogen) atoms. The van der Waals surface area contributed by atoms with Gasteiger partial charge in [0.15, 0.2) is 0 Å². The SMILES string of the molecule is C=C(C(Cc1ccc(F)cc1)C(=O)OCC)[PH]1(O)N(c2ccccc2)CCN1c1ccccc1. The van der Waals surface area contributed by atoms with Crippen LogP contribution in [0.1, 0.15) is 12.5 Å². The number of rotatable bonds is 8. The molecule has 0 bridgehead atoms. The quantitative estimate of drug-likeness (QED) is 0.337. The first kappa shape index (κ1) is 23.9. The van der Waals surface area contributed by atoms with Gasteiger partial charge >= 0.3 is 200 Å². The maximum atomic E-state index is 13.5. The average Bonchev–Trinajstić information content (AvgIpc) is 3.22. The third-order valence-electron chi connectivity index (χ3n) is 6.21. The average molecular weight is 481 g/mol. The van der Waals surface area contributed by atoms with Gasteiger partial charge in [-0.05, 0) is 0 Å². The Balaban J connectivity index is 1.78. The molecule has 0 saturated carbocycles. The van der Waals surface area contributed by atoms with Crippen molar-refractivity contribution in [2.24, 2.45) is 5.92 Å². The first-order valence-electron chi connectivity index (χ1n) is 11.4. The molecule has 0 spiro atoms. The summed E-state index contributed by atoms with van der Waals surface area (Å²) in [5, 5.41) is 0.445. The van der Waals surface area contributed by atoms with Crippen LogP contribution in [0, 0.1) is 11.7 Å². The van der Waals surface area contributed by atoms with E-state index in [1.165, 1.54) is 12.1 Å². The predicted octanol–water partition coefficient (Wildman–Crippen LogP) is 5.58. The van der Waals surface area contributed by atoms with Gasteiger partial charge in [0.05, 0.1) is 0 Å². The topological polar surface area (TPSA) is 53.0 Å². The van der Waals surface area contributed by atoms with Crippen LogP contribution in [-0.4, -0.2) is 30.6 Å². The van der Waals surface area contributed by atoms with Crippen LogP contribution >= 0.6 is 7.79 Å². The van der Waals surface area contributed by atoms with Crippen molar-refractivity contribution in [1.82, 2.24) is 0 Å². The van der Waals surface area contributed by atoms with E-state index >= 15 is 0 Å². The Morgan fingerprint density at radius 2 is 1.47 bits per heavy atom. The van der Waals surface area contributed by atoms with Gasteiger partial charge in [0, 0.05) is 0 Å². The van der Waals surface area contributed by atoms with Crippen LogP contribution in [0.25, 0.3) is 0 Å². The first-order valence-corrected chi connectivity index (χ1v) is 13.3. The number of hydrogen-bond acceptors (Lipinski definition) is 5. The van der Waals surface area contributed by atoms with Gasteiger partial charge in [0.2, 0.25) is 0 Å². The molecule has 1 atom stereocenters. The third kappa shape index (κ3) is 4.70. The third-order valence-corrected chi connectivity index (χ3v) is 9.89. The molecule has 3 aromatic rings. The second kappa shape index (κ2) is 10.4. The summed E-state index contributed by atoms with van der Waals surface area (Å²) in [4.78, 5) is 25.7. The molecule has 0 aromatic heterocycles. The van der Waals surface area contributed by atoms with Gasteiger partial charge in [-0.3, -0.25) is 0 Å². The molecule has 1 fully saturated rings. The van der Waals surface area contributed by atoms with Crippen LogP contribution in [0.5, 0.6) is 0 Å². The Kier molecular flexibility index (Phi) is 7.30. The number of benzene rings is 3. The maximum absolute atomic E-state index is 13.5. The van der Waals surface area contributed by atoms with Crippen LogP contribution < -0.4 is 9.34 Å². The zero-order valence-corrected chi connectivity index (χ0v) is 20.2. The summed E-state index contributed by atoms with van der Waals surface area (Å²) in [7, 11) is -3.65. The van der Waals surface area contributed by atoms with Crippen molar-refractivity contribution in [2.45, 2.75) is 13.3 Å². The van der Waals surface area contributed by atoms with Crippen LogP contribution in [-0.2, 0) is 16.0 Å². The van der Waals surface area contributed by atoms with E-state index in [0.29, 0.717) is 18.4 Å². The van der Waals surface area contributed by atoms with Gasteiger partial charge in [0.1, 0.15) is 0 Å². The summed E-state index contributed by atoms with van der Waals surface area (Å²) in [5.41, 5.74) is 2.52. The van der Waals surface area contributed by atoms with Crippen molar-refractivity contribution >= 4 is 25.1 Å². The Morgan fingerprint density at radius 1 is 0.971 bits per heavy atom. The van der Waals surface area contributed by atoms with E-state index < -0.39 is 19.7 Å². The molecule has 5 nitrogen and oxygen atoms in total. The first-order chi connectivity index (χ1) is 16.4. The molecule has 1 N–H and O–H groups in total. The van der Waals surface area contributed by atoms with E-state index in [9.17, 15) is 14.1 Å². The van der Waals surface area contributed by atoms with Crippen LogP contribution in [0.15, 0.2) is 96.8 Å². The van der Waals surface area contributed by atoms with Crippen molar-refractivity contribution < 1.29 is 18.8 Å². The van der Waals surface area contributed by atoms with Crippen LogP contribution in [0.3, 0.4) is 0 Å². The van der Waals surface area contributed by atoms with Crippen LogP contribution in [0.2, 0.25) is 0 Å². The van der Waals surface area contributed by atoms with Gasteiger partial charge in [-0.15, -0.1) is 0 Å². The van der Waals surface area contributed by atoms with E-state index in [1.54, 1.807) is 19.1 Å². The molecule has 1 aliphatic rings. The van der Waals surface area contributed by atoms with Crippen molar-refractivity contribution in [2.75, 3.05) is 29.0 Å². The van der Waals surface area contributed by atoms with Gasteiger partial charge in [-0.2, -0.15) is 0 Å². The Bertz CT molecular complexity index is 1080. The summed E-state index contributed by atoms with van der Waals surface area (Å²) in [5.74, 6) is -1.56. The van der Waals surface area contributed by atoms with Gasteiger partial charge < -0.3 is 0 Å². The Morgan fingerprint density at radius 3 is 1.94 bits per heavy atom. The van der Waals surface area contributed by atoms with E-state index in [1.807, 2.05) is 70.0 Å². The Hall–Kier alpha value is -3.21. The number of hydrogen-bond donors (Lipinski definition) is 1. The zero-order valence-electron chi connectivity index (χ0n) is 19.2. The van der Waals surface area contributed by atoms with Crippen molar-refractivity contribution in [3.63, 3.8) is 0 Å². The molecular weight excluding hydrogens is 450 g/mol. The zero-order chi connectivity index (χ0) is 24.1. The summed E-state index contributed by atoms with van der Waals surface area (Å²) in [6.45, 7) is 7.48. The molecule has 0 aliphatic carbocycles. The van der Waals surface area contributed by atoms with Crippen molar-refractivity contribution in [1.29, 1.82) is 0 Å². The van der Waals surface area contributed by atoms with E-state index in [2.05, 4.69) is 6.58 Å². The summed E-state index contributed by atoms with van der Waals surface area (Å²) < 4.78 is 22.9. The summed E-state index contributed by atoms with van der Waals surface area (Å²) in [6, 6.07) is 25.5. The molecule has 0 amide bonds. The van der Waals surface area contributed by atoms with Crippen molar-refractivity contribution in [3.05, 3.63) is 108 Å². The van der Waals surface area contributed by atoms with Crippen LogP contribution in [0.4, 0.5) is 15.8 Å². The second-order valence-electron chi connectivity index (χ2n) is 8.27. The normalized spacial score (nSPS) is 16.7. The monoisotopic (exact) mass is 480 g/mol. The van der Waals surface area contributed by atoms with Gasteiger partial charge in [-0.1, -0.05) is 0 Å². The number of anilines is 2. The number of halogens is 1. The molecule has 1 unspecified atom stereocenters. The number of carbonyl (C=O) groups is 1. The molecular formula is C27H30FN2O3P. The number of nitrogens with zero attached hydrogens (tertiary/aromatic N) is 2. The number of esters is 1. The minimum atomic E-state index is -3.65. The van der Waals surface area contributed by atoms with E-state index in [4.69, 9.17) is 4.74 Å². The fourth-order valence-electron chi connectivity index (χ4n) is 4.52. The molecule has 4 rings (SSSR count). The van der Waals surface area contributed by atoms with Crippen molar-refractivity contribution in [3.8, 4) is 0 Å². The molecule has 1 heterocycles.